The van der Waals surface area contributed by atoms with Crippen molar-refractivity contribution in [2.24, 2.45) is 5.73 Å². The van der Waals surface area contributed by atoms with Gasteiger partial charge in [0.2, 0.25) is 0 Å². The van der Waals surface area contributed by atoms with E-state index in [1.807, 2.05) is 24.3 Å². The van der Waals surface area contributed by atoms with Gasteiger partial charge >= 0.3 is 0 Å². The van der Waals surface area contributed by atoms with Crippen LogP contribution in [-0.2, 0) is 6.54 Å². The van der Waals surface area contributed by atoms with Gasteiger partial charge in [0.1, 0.15) is 0 Å². The van der Waals surface area contributed by atoms with Crippen molar-refractivity contribution in [3.8, 4) is 0 Å². The number of aliphatic hydroxyl groups is 1. The third-order valence-corrected chi connectivity index (χ3v) is 4.36. The van der Waals surface area contributed by atoms with Crippen LogP contribution in [0.15, 0.2) is 24.3 Å². The maximum atomic E-state index is 10.4. The average Bonchev–Trinajstić information content (AvgIpc) is 2.49. The largest absolute Gasteiger partial charge is 0.387 e. The zero-order valence-electron chi connectivity index (χ0n) is 12.6. The van der Waals surface area contributed by atoms with Crippen molar-refractivity contribution in [1.82, 2.24) is 9.80 Å². The Morgan fingerprint density at radius 1 is 1.30 bits per heavy atom. The van der Waals surface area contributed by atoms with E-state index in [2.05, 4.69) is 23.8 Å². The van der Waals surface area contributed by atoms with Crippen LogP contribution in [0.25, 0.3) is 0 Å². The van der Waals surface area contributed by atoms with E-state index in [0.29, 0.717) is 19.1 Å². The highest BCUT2D eigenvalue weighted by atomic mass is 16.3. The fraction of sp³-hybridized carbons (Fsp3) is 0.625. The second kappa shape index (κ2) is 7.18. The van der Waals surface area contributed by atoms with Crippen LogP contribution in [0.2, 0.25) is 0 Å². The Kier molecular flexibility index (Phi) is 5.54. The number of likely N-dealkylation sites (N-methyl/N-ethyl adjacent to an activating group) is 1. The molecule has 0 aliphatic carbocycles. The molecule has 0 bridgehead atoms. The molecule has 2 rings (SSSR count). The van der Waals surface area contributed by atoms with E-state index < -0.39 is 6.10 Å². The summed E-state index contributed by atoms with van der Waals surface area (Å²) in [6.45, 7) is 6.65. The van der Waals surface area contributed by atoms with Crippen molar-refractivity contribution in [3.05, 3.63) is 35.4 Å². The van der Waals surface area contributed by atoms with E-state index in [9.17, 15) is 5.11 Å². The first-order chi connectivity index (χ1) is 9.63. The van der Waals surface area contributed by atoms with E-state index in [1.54, 1.807) is 0 Å². The Bertz CT molecular complexity index is 407. The predicted molar refractivity (Wildman–Crippen MR) is 82.4 cm³/mol. The molecular formula is C16H27N3O. The van der Waals surface area contributed by atoms with Crippen molar-refractivity contribution < 1.29 is 5.11 Å². The third-order valence-electron chi connectivity index (χ3n) is 4.36. The molecule has 1 heterocycles. The van der Waals surface area contributed by atoms with Gasteiger partial charge in [0.05, 0.1) is 6.10 Å². The Labute approximate surface area is 122 Å². The Morgan fingerprint density at radius 3 is 2.60 bits per heavy atom. The highest BCUT2D eigenvalue weighted by Crippen LogP contribution is 2.18. The van der Waals surface area contributed by atoms with Crippen molar-refractivity contribution in [2.75, 3.05) is 33.2 Å². The van der Waals surface area contributed by atoms with Gasteiger partial charge < -0.3 is 15.7 Å². The molecule has 20 heavy (non-hydrogen) atoms. The number of piperazine rings is 1. The number of hydrogen-bond donors (Lipinski definition) is 2. The van der Waals surface area contributed by atoms with Crippen LogP contribution in [0.5, 0.6) is 0 Å². The summed E-state index contributed by atoms with van der Waals surface area (Å²) < 4.78 is 0. The minimum Gasteiger partial charge on any atom is -0.387 e. The Hall–Kier alpha value is -0.940. The molecule has 3 N–H and O–H groups in total. The molecule has 0 spiro atoms. The monoisotopic (exact) mass is 277 g/mol. The number of nitrogens with two attached hydrogens (primary N) is 1. The number of rotatable bonds is 5. The summed E-state index contributed by atoms with van der Waals surface area (Å²) in [6, 6.07) is 8.57. The summed E-state index contributed by atoms with van der Waals surface area (Å²) in [7, 11) is 2.19. The molecule has 1 aliphatic rings. The van der Waals surface area contributed by atoms with E-state index in [1.165, 1.54) is 0 Å². The molecule has 1 fully saturated rings. The first-order valence-electron chi connectivity index (χ1n) is 7.53. The summed E-state index contributed by atoms with van der Waals surface area (Å²) in [5, 5.41) is 10.4. The quantitative estimate of drug-likeness (QED) is 0.849. The van der Waals surface area contributed by atoms with Gasteiger partial charge in [-0.3, -0.25) is 4.90 Å². The fourth-order valence-corrected chi connectivity index (χ4v) is 2.84. The molecule has 0 amide bonds. The number of hydrogen-bond acceptors (Lipinski definition) is 4. The van der Waals surface area contributed by atoms with Gasteiger partial charge in [-0.1, -0.05) is 31.2 Å². The molecule has 0 aromatic heterocycles. The topological polar surface area (TPSA) is 52.7 Å². The first-order valence-corrected chi connectivity index (χ1v) is 7.53. The molecule has 2 atom stereocenters. The Balaban J connectivity index is 1.91. The first kappa shape index (κ1) is 15.4. The van der Waals surface area contributed by atoms with Gasteiger partial charge in [-0.25, -0.2) is 0 Å². The van der Waals surface area contributed by atoms with Crippen LogP contribution in [-0.4, -0.2) is 54.2 Å². The molecule has 2 unspecified atom stereocenters. The van der Waals surface area contributed by atoms with E-state index in [0.717, 1.165) is 37.2 Å². The van der Waals surface area contributed by atoms with E-state index in [4.69, 9.17) is 5.73 Å². The average molecular weight is 277 g/mol. The smallest absolute Gasteiger partial charge is 0.0916 e. The molecule has 1 aliphatic heterocycles. The van der Waals surface area contributed by atoms with Crippen molar-refractivity contribution in [2.45, 2.75) is 32.0 Å². The fourth-order valence-electron chi connectivity index (χ4n) is 2.84. The van der Waals surface area contributed by atoms with Gasteiger partial charge in [0, 0.05) is 38.8 Å². The maximum Gasteiger partial charge on any atom is 0.0916 e. The lowest BCUT2D eigenvalue weighted by Gasteiger charge is -2.39. The molecular weight excluding hydrogens is 250 g/mol. The lowest BCUT2D eigenvalue weighted by atomic mass is 10.0. The molecule has 112 valence electrons. The lowest BCUT2D eigenvalue weighted by Crippen LogP contribution is -2.51. The zero-order chi connectivity index (χ0) is 14.5. The molecule has 4 heteroatoms. The van der Waals surface area contributed by atoms with Gasteiger partial charge in [-0.15, -0.1) is 0 Å². The van der Waals surface area contributed by atoms with Crippen LogP contribution >= 0.6 is 0 Å². The third kappa shape index (κ3) is 3.79. The normalized spacial score (nSPS) is 22.9. The van der Waals surface area contributed by atoms with E-state index >= 15 is 0 Å². The summed E-state index contributed by atoms with van der Waals surface area (Å²) in [5.41, 5.74) is 7.68. The molecule has 1 aromatic carbocycles. The molecule has 1 saturated heterocycles. The molecule has 0 radical (unpaired) electrons. The van der Waals surface area contributed by atoms with Crippen molar-refractivity contribution in [1.29, 1.82) is 0 Å². The summed E-state index contributed by atoms with van der Waals surface area (Å²) in [5.74, 6) is 0. The van der Waals surface area contributed by atoms with Crippen LogP contribution in [0.4, 0.5) is 0 Å². The zero-order valence-corrected chi connectivity index (χ0v) is 12.6. The minimum absolute atomic E-state index is 0.414. The van der Waals surface area contributed by atoms with Crippen LogP contribution in [0, 0.1) is 0 Å². The number of β-amino-alcohol motifs (C(OH)–C–C–N with tert-alkyl or cyclic N) is 1. The van der Waals surface area contributed by atoms with Crippen molar-refractivity contribution in [3.63, 3.8) is 0 Å². The van der Waals surface area contributed by atoms with Gasteiger partial charge in [-0.05, 0) is 24.6 Å². The SMILES string of the molecule is CCC1CN(CC(O)c2ccc(CN)cc2)CCN1C. The van der Waals surface area contributed by atoms with Crippen LogP contribution in [0.1, 0.15) is 30.6 Å². The predicted octanol–water partition coefficient (Wildman–Crippen LogP) is 1.20. The van der Waals surface area contributed by atoms with Gasteiger partial charge in [0.25, 0.3) is 0 Å². The van der Waals surface area contributed by atoms with Gasteiger partial charge in [0.15, 0.2) is 0 Å². The number of aliphatic hydroxyl groups excluding tert-OH is 1. The minimum atomic E-state index is -0.414. The highest BCUT2D eigenvalue weighted by Gasteiger charge is 2.24. The molecule has 4 nitrogen and oxygen atoms in total. The molecule has 1 aromatic rings. The lowest BCUT2D eigenvalue weighted by molar-refractivity contribution is 0.0502. The second-order valence-corrected chi connectivity index (χ2v) is 5.76. The molecule has 0 saturated carbocycles. The summed E-state index contributed by atoms with van der Waals surface area (Å²) >= 11 is 0. The van der Waals surface area contributed by atoms with Gasteiger partial charge in [-0.2, -0.15) is 0 Å². The highest BCUT2D eigenvalue weighted by molar-refractivity contribution is 5.24. The summed E-state index contributed by atoms with van der Waals surface area (Å²) in [6.07, 6.45) is 0.747. The summed E-state index contributed by atoms with van der Waals surface area (Å²) in [4.78, 5) is 4.79. The van der Waals surface area contributed by atoms with E-state index in [-0.39, 0.29) is 0 Å². The van der Waals surface area contributed by atoms with Crippen LogP contribution in [0.3, 0.4) is 0 Å². The Morgan fingerprint density at radius 2 is 2.00 bits per heavy atom. The standard InChI is InChI=1S/C16H27N3O/c1-3-15-11-19(9-8-18(15)2)12-16(20)14-6-4-13(10-17)5-7-14/h4-7,15-16,20H,3,8-12,17H2,1-2H3. The second-order valence-electron chi connectivity index (χ2n) is 5.76. The maximum absolute atomic E-state index is 10.4. The number of nitrogens with zero attached hydrogens (tertiary/aromatic N) is 2. The van der Waals surface area contributed by atoms with Crippen LogP contribution < -0.4 is 5.73 Å². The van der Waals surface area contributed by atoms with Crippen molar-refractivity contribution >= 4 is 0 Å². The number of benzene rings is 1.